The molecule has 0 spiro atoms. The lowest BCUT2D eigenvalue weighted by Gasteiger charge is -2.46. The lowest BCUT2D eigenvalue weighted by Crippen LogP contribution is -2.49. The fourth-order valence-electron chi connectivity index (χ4n) is 8.91. The average Bonchev–Trinajstić information content (AvgIpc) is 3.24. The van der Waals surface area contributed by atoms with E-state index in [1.54, 1.807) is 5.57 Å². The molecule has 0 bridgehead atoms. The summed E-state index contributed by atoms with van der Waals surface area (Å²) in [5.74, 6) is 2.28. The number of fused-ring (bicyclic) bond motifs is 1. The summed E-state index contributed by atoms with van der Waals surface area (Å²) in [5, 5.41) is 0.344. The Morgan fingerprint density at radius 3 is 2.02 bits per heavy atom. The Kier molecular flexibility index (Phi) is 13.2. The molecule has 3 rings (SSSR count). The van der Waals surface area contributed by atoms with Crippen molar-refractivity contribution in [3.8, 4) is 0 Å². The number of hydrogen-bond donors (Lipinski definition) is 0. The third kappa shape index (κ3) is 10.4. The Balaban J connectivity index is 1.81. The van der Waals surface area contributed by atoms with E-state index in [1.165, 1.54) is 56.1 Å². The molecule has 3 saturated carbocycles. The van der Waals surface area contributed by atoms with Gasteiger partial charge in [-0.05, 0) is 149 Å². The summed E-state index contributed by atoms with van der Waals surface area (Å²) in [6, 6.07) is 0. The molecule has 0 unspecified atom stereocenters. The molecule has 6 heteroatoms. The molecule has 0 aromatic heterocycles. The van der Waals surface area contributed by atoms with Crippen molar-refractivity contribution < 1.29 is 13.3 Å². The van der Waals surface area contributed by atoms with Gasteiger partial charge in [-0.2, -0.15) is 0 Å². The Hall–Kier alpha value is -0.249. The third-order valence-corrected chi connectivity index (χ3v) is 23.7. The SMILES string of the molecule is C=C1/C(=C\C=C2/CCC[C@]3(C)[C@@H]([C@H](C)CCCC(C)(C)O[Si](C)(C)C)CC[C@@H]23)C[C@@H](O[Si](C)(C)C(C)(C)C)C[C@@H]1O[Si](C)(C)C(C)(C)C. The predicted molar refractivity (Wildman–Crippen MR) is 218 cm³/mol. The third-order valence-electron chi connectivity index (χ3n) is 13.5. The largest absolute Gasteiger partial charge is 0.413 e. The highest BCUT2D eigenvalue weighted by atomic mass is 28.4. The van der Waals surface area contributed by atoms with E-state index < -0.39 is 25.0 Å². The van der Waals surface area contributed by atoms with E-state index in [2.05, 4.69) is 127 Å². The van der Waals surface area contributed by atoms with Crippen LogP contribution in [0.1, 0.15) is 133 Å². The molecule has 0 radical (unpaired) electrons. The van der Waals surface area contributed by atoms with E-state index in [-0.39, 0.29) is 27.9 Å². The highest BCUT2D eigenvalue weighted by Crippen LogP contribution is 2.60. The Labute approximate surface area is 302 Å². The van der Waals surface area contributed by atoms with E-state index in [1.807, 2.05) is 0 Å². The first kappa shape index (κ1) is 42.2. The second-order valence-electron chi connectivity index (χ2n) is 21.2. The molecule has 48 heavy (non-hydrogen) atoms. The summed E-state index contributed by atoms with van der Waals surface area (Å²) >= 11 is 0. The summed E-state index contributed by atoms with van der Waals surface area (Å²) in [7, 11) is -5.43. The molecule has 0 aromatic rings. The zero-order chi connectivity index (χ0) is 36.7. The molecule has 0 heterocycles. The van der Waals surface area contributed by atoms with Crippen LogP contribution in [0.5, 0.6) is 0 Å². The standard InChI is InChI=1S/C42H80O3Si3/c1-31(21-19-27-41(9,10)45-46(12,13)14)36-25-26-37-33(22-20-28-42(36,37)11)23-24-34-29-35(43-47(15,16)39(3,4)5)30-38(32(34)2)44-48(17,18)40(6,7)8/h23-24,31,35-38H,2,19-22,25-30H2,1,3-18H3/b33-23+,34-24-/t31-,35-,36-,37+,38+,42-/m1/s1. The van der Waals surface area contributed by atoms with Crippen molar-refractivity contribution in [2.75, 3.05) is 0 Å². The lowest BCUT2D eigenvalue weighted by molar-refractivity contribution is 0.0735. The molecule has 0 amide bonds. The molecule has 3 nitrogen and oxygen atoms in total. The molecular weight excluding hydrogens is 637 g/mol. The maximum atomic E-state index is 7.12. The van der Waals surface area contributed by atoms with Crippen LogP contribution < -0.4 is 0 Å². The van der Waals surface area contributed by atoms with Crippen LogP contribution >= 0.6 is 0 Å². The summed E-state index contributed by atoms with van der Waals surface area (Å²) in [6.45, 7) is 45.1. The van der Waals surface area contributed by atoms with Crippen LogP contribution in [0.4, 0.5) is 0 Å². The minimum absolute atomic E-state index is 0.00680. The van der Waals surface area contributed by atoms with Crippen LogP contribution in [0.25, 0.3) is 0 Å². The molecule has 0 aromatic carbocycles. The molecule has 0 aliphatic heterocycles. The Morgan fingerprint density at radius 1 is 0.875 bits per heavy atom. The molecule has 6 atom stereocenters. The first-order chi connectivity index (χ1) is 21.6. The Morgan fingerprint density at radius 2 is 1.46 bits per heavy atom. The summed E-state index contributed by atoms with van der Waals surface area (Å²) < 4.78 is 20.8. The van der Waals surface area contributed by atoms with E-state index in [0.29, 0.717) is 11.3 Å². The number of hydrogen-bond acceptors (Lipinski definition) is 3. The van der Waals surface area contributed by atoms with Gasteiger partial charge in [-0.15, -0.1) is 0 Å². The van der Waals surface area contributed by atoms with E-state index in [4.69, 9.17) is 19.9 Å². The first-order valence-electron chi connectivity index (χ1n) is 19.7. The summed E-state index contributed by atoms with van der Waals surface area (Å²) in [4.78, 5) is 0. The van der Waals surface area contributed by atoms with E-state index in [9.17, 15) is 0 Å². The fraction of sp³-hybridized carbons (Fsp3) is 0.857. The van der Waals surface area contributed by atoms with Gasteiger partial charge in [0.05, 0.1) is 17.8 Å². The van der Waals surface area contributed by atoms with Crippen LogP contribution in [0.2, 0.25) is 55.9 Å². The van der Waals surface area contributed by atoms with Crippen molar-refractivity contribution in [3.05, 3.63) is 35.5 Å². The maximum Gasteiger partial charge on any atom is 0.192 e. The van der Waals surface area contributed by atoms with Crippen molar-refractivity contribution in [2.24, 2.45) is 23.2 Å². The van der Waals surface area contributed by atoms with Gasteiger partial charge in [0.2, 0.25) is 0 Å². The van der Waals surface area contributed by atoms with Gasteiger partial charge in [0.25, 0.3) is 0 Å². The van der Waals surface area contributed by atoms with Gasteiger partial charge < -0.3 is 13.3 Å². The van der Waals surface area contributed by atoms with Gasteiger partial charge in [-0.1, -0.05) is 92.5 Å². The minimum atomic E-state index is -1.97. The van der Waals surface area contributed by atoms with Crippen LogP contribution in [0, 0.1) is 23.2 Å². The fourth-order valence-corrected chi connectivity index (χ4v) is 13.3. The first-order valence-corrected chi connectivity index (χ1v) is 29.0. The van der Waals surface area contributed by atoms with E-state index in [0.717, 1.165) is 31.1 Å². The molecule has 3 aliphatic carbocycles. The van der Waals surface area contributed by atoms with Gasteiger partial charge in [-0.25, -0.2) is 0 Å². The highest BCUT2D eigenvalue weighted by Gasteiger charge is 2.51. The normalized spacial score (nSPS) is 30.6. The van der Waals surface area contributed by atoms with Crippen molar-refractivity contribution in [1.82, 2.24) is 0 Å². The van der Waals surface area contributed by atoms with Gasteiger partial charge in [0.1, 0.15) is 0 Å². The zero-order valence-corrected chi connectivity index (χ0v) is 38.0. The number of rotatable bonds is 12. The highest BCUT2D eigenvalue weighted by molar-refractivity contribution is 6.74. The molecule has 0 saturated heterocycles. The van der Waals surface area contributed by atoms with Crippen LogP contribution in [0.3, 0.4) is 0 Å². The molecule has 0 N–H and O–H groups in total. The topological polar surface area (TPSA) is 27.7 Å². The quantitative estimate of drug-likeness (QED) is 0.188. The minimum Gasteiger partial charge on any atom is -0.413 e. The molecule has 3 fully saturated rings. The molecule has 278 valence electrons. The van der Waals surface area contributed by atoms with Crippen molar-refractivity contribution in [2.45, 2.75) is 207 Å². The van der Waals surface area contributed by atoms with Gasteiger partial charge in [-0.3, -0.25) is 0 Å². The Bertz CT molecular complexity index is 1180. The van der Waals surface area contributed by atoms with Gasteiger partial charge in [0.15, 0.2) is 25.0 Å². The lowest BCUT2D eigenvalue weighted by atomic mass is 9.60. The van der Waals surface area contributed by atoms with Crippen LogP contribution in [0.15, 0.2) is 35.5 Å². The molecule has 3 aliphatic rings. The van der Waals surface area contributed by atoms with Crippen molar-refractivity contribution in [1.29, 1.82) is 0 Å². The van der Waals surface area contributed by atoms with Crippen molar-refractivity contribution >= 4 is 25.0 Å². The number of allylic oxidation sites excluding steroid dienone is 3. The van der Waals surface area contributed by atoms with Gasteiger partial charge >= 0.3 is 0 Å². The second-order valence-corrected chi connectivity index (χ2v) is 35.1. The molecular formula is C42H80O3Si3. The van der Waals surface area contributed by atoms with Crippen LogP contribution in [-0.2, 0) is 13.3 Å². The summed E-state index contributed by atoms with van der Waals surface area (Å²) in [6.07, 6.45) is 17.5. The van der Waals surface area contributed by atoms with Gasteiger partial charge in [0, 0.05) is 6.42 Å². The van der Waals surface area contributed by atoms with Crippen LogP contribution in [-0.4, -0.2) is 42.8 Å². The second kappa shape index (κ2) is 15.0. The maximum absolute atomic E-state index is 7.12. The smallest absolute Gasteiger partial charge is 0.192 e. The monoisotopic (exact) mass is 717 g/mol. The van der Waals surface area contributed by atoms with Crippen molar-refractivity contribution in [3.63, 3.8) is 0 Å². The van der Waals surface area contributed by atoms with E-state index >= 15 is 0 Å². The summed E-state index contributed by atoms with van der Waals surface area (Å²) in [5.41, 5.74) is 4.66. The average molecular weight is 717 g/mol. The predicted octanol–water partition coefficient (Wildman–Crippen LogP) is 13.6. The zero-order valence-electron chi connectivity index (χ0n) is 35.0.